The van der Waals surface area contributed by atoms with Crippen molar-refractivity contribution in [1.29, 1.82) is 0 Å². The fourth-order valence-electron chi connectivity index (χ4n) is 3.87. The first-order chi connectivity index (χ1) is 14.1. The first-order valence-electron chi connectivity index (χ1n) is 10.1. The van der Waals surface area contributed by atoms with Gasteiger partial charge in [0.25, 0.3) is 0 Å². The molecule has 29 heavy (non-hydrogen) atoms. The largest absolute Gasteiger partial charge is 0.310 e. The molecule has 2 aliphatic rings. The lowest BCUT2D eigenvalue weighted by Gasteiger charge is -2.34. The summed E-state index contributed by atoms with van der Waals surface area (Å²) < 4.78 is 0. The second-order valence-electron chi connectivity index (χ2n) is 7.85. The molecule has 1 N–H and O–H groups in total. The molecule has 0 atom stereocenters. The van der Waals surface area contributed by atoms with Gasteiger partial charge in [-0.2, -0.15) is 0 Å². The van der Waals surface area contributed by atoms with Crippen molar-refractivity contribution < 1.29 is 4.79 Å². The molecular weight excluding hydrogens is 384 g/mol. The summed E-state index contributed by atoms with van der Waals surface area (Å²) in [5.74, 6) is 0.581. The van der Waals surface area contributed by atoms with Gasteiger partial charge in [-0.15, -0.1) is 10.2 Å². The van der Waals surface area contributed by atoms with Gasteiger partial charge in [0.05, 0.1) is 6.54 Å². The molecule has 7 nitrogen and oxygen atoms in total. The topological polar surface area (TPSA) is 74.2 Å². The molecule has 1 aliphatic heterocycles. The van der Waals surface area contributed by atoms with Gasteiger partial charge in [0.1, 0.15) is 15.8 Å². The number of pyridine rings is 1. The van der Waals surface area contributed by atoms with Gasteiger partial charge in [-0.05, 0) is 37.3 Å². The number of aromatic nitrogens is 3. The van der Waals surface area contributed by atoms with E-state index in [9.17, 15) is 4.79 Å². The van der Waals surface area contributed by atoms with Crippen molar-refractivity contribution in [3.63, 3.8) is 0 Å². The molecule has 0 bridgehead atoms. The zero-order valence-corrected chi connectivity index (χ0v) is 17.3. The van der Waals surface area contributed by atoms with Crippen LogP contribution >= 0.6 is 11.3 Å². The molecule has 3 heterocycles. The van der Waals surface area contributed by atoms with Crippen molar-refractivity contribution in [1.82, 2.24) is 25.0 Å². The number of aryl methyl sites for hydroxylation is 1. The van der Waals surface area contributed by atoms with Crippen LogP contribution in [-0.2, 0) is 4.79 Å². The van der Waals surface area contributed by atoms with Gasteiger partial charge < -0.3 is 5.32 Å². The molecule has 8 heteroatoms. The fourth-order valence-corrected chi connectivity index (χ4v) is 4.56. The number of rotatable bonds is 5. The Morgan fingerprint density at radius 3 is 2.69 bits per heavy atom. The molecule has 1 amide bonds. The average Bonchev–Trinajstić information content (AvgIpc) is 3.48. The van der Waals surface area contributed by atoms with Gasteiger partial charge in [-0.3, -0.25) is 14.6 Å². The number of carbonyl (C=O) groups is 1. The first kappa shape index (κ1) is 18.6. The highest BCUT2D eigenvalue weighted by molar-refractivity contribution is 7.14. The number of hydrogen-bond acceptors (Lipinski definition) is 7. The number of benzene rings is 1. The third kappa shape index (κ3) is 4.29. The molecule has 0 spiro atoms. The van der Waals surface area contributed by atoms with Gasteiger partial charge in [-0.25, -0.2) is 4.98 Å². The average molecular weight is 409 g/mol. The Labute approximate surface area is 173 Å². The Hall–Kier alpha value is -2.42. The maximum atomic E-state index is 12.5. The van der Waals surface area contributed by atoms with Gasteiger partial charge in [0, 0.05) is 49.4 Å². The summed E-state index contributed by atoms with van der Waals surface area (Å²) >= 11 is 1.57. The molecule has 0 unspecified atom stereocenters. The van der Waals surface area contributed by atoms with Crippen molar-refractivity contribution in [3.05, 3.63) is 35.5 Å². The van der Waals surface area contributed by atoms with Gasteiger partial charge in [-0.1, -0.05) is 23.5 Å². The van der Waals surface area contributed by atoms with Crippen molar-refractivity contribution >= 4 is 33.8 Å². The van der Waals surface area contributed by atoms with E-state index >= 15 is 0 Å². The summed E-state index contributed by atoms with van der Waals surface area (Å²) in [7, 11) is 0. The summed E-state index contributed by atoms with van der Waals surface area (Å²) in [5.41, 5.74) is 1.03. The van der Waals surface area contributed by atoms with E-state index < -0.39 is 0 Å². The minimum Gasteiger partial charge on any atom is -0.310 e. The number of carbonyl (C=O) groups excluding carboxylic acids is 1. The van der Waals surface area contributed by atoms with E-state index in [-0.39, 0.29) is 5.91 Å². The Balaban J connectivity index is 1.24. The highest BCUT2D eigenvalue weighted by Gasteiger charge is 2.31. The van der Waals surface area contributed by atoms with Crippen LogP contribution in [0, 0.1) is 6.92 Å². The molecule has 1 aromatic carbocycles. The molecule has 0 radical (unpaired) electrons. The Kier molecular flexibility index (Phi) is 4.99. The summed E-state index contributed by atoms with van der Waals surface area (Å²) in [5, 5.41) is 15.2. The summed E-state index contributed by atoms with van der Waals surface area (Å²) in [6.45, 7) is 6.42. The predicted octanol–water partition coefficient (Wildman–Crippen LogP) is 2.78. The standard InChI is InChI=1S/C21H24N6OS/c1-14-24-25-21(29-14)15-2-3-16-12-22-19(11-17(16)10-15)23-20(28)13-26-6-8-27(9-7-26)18-4-5-18/h2-3,10-12,18H,4-9,13H2,1H3,(H,22,23,28). The van der Waals surface area contributed by atoms with Gasteiger partial charge >= 0.3 is 0 Å². The third-order valence-corrected chi connectivity index (χ3v) is 6.49. The molecule has 1 aliphatic carbocycles. The minimum atomic E-state index is -0.00683. The quantitative estimate of drug-likeness (QED) is 0.700. The van der Waals surface area contributed by atoms with Crippen LogP contribution in [0.5, 0.6) is 0 Å². The highest BCUT2D eigenvalue weighted by Crippen LogP contribution is 2.28. The second kappa shape index (κ2) is 7.78. The molecule has 2 fully saturated rings. The molecule has 150 valence electrons. The maximum Gasteiger partial charge on any atom is 0.239 e. The van der Waals surface area contributed by atoms with Crippen molar-refractivity contribution in [2.24, 2.45) is 0 Å². The number of amides is 1. The van der Waals surface area contributed by atoms with Crippen LogP contribution in [0.2, 0.25) is 0 Å². The third-order valence-electron chi connectivity index (χ3n) is 5.60. The van der Waals surface area contributed by atoms with E-state index in [4.69, 9.17) is 0 Å². The maximum absolute atomic E-state index is 12.5. The number of piperazine rings is 1. The Morgan fingerprint density at radius 1 is 1.14 bits per heavy atom. The lowest BCUT2D eigenvalue weighted by atomic mass is 10.1. The summed E-state index contributed by atoms with van der Waals surface area (Å²) in [6.07, 6.45) is 4.48. The van der Waals surface area contributed by atoms with E-state index in [1.165, 1.54) is 12.8 Å². The first-order valence-corrected chi connectivity index (χ1v) is 10.9. The second-order valence-corrected chi connectivity index (χ2v) is 9.03. The van der Waals surface area contributed by atoms with Crippen molar-refractivity contribution in [2.75, 3.05) is 38.0 Å². The van der Waals surface area contributed by atoms with Crippen LogP contribution in [0.3, 0.4) is 0 Å². The predicted molar refractivity (Wildman–Crippen MR) is 115 cm³/mol. The van der Waals surface area contributed by atoms with E-state index in [0.717, 1.165) is 58.6 Å². The van der Waals surface area contributed by atoms with E-state index in [2.05, 4.69) is 36.4 Å². The molecule has 3 aromatic rings. The number of fused-ring (bicyclic) bond motifs is 1. The number of hydrogen-bond donors (Lipinski definition) is 1. The Bertz CT molecular complexity index is 1040. The normalized spacial score (nSPS) is 18.2. The number of nitrogens with one attached hydrogen (secondary N) is 1. The van der Waals surface area contributed by atoms with Gasteiger partial charge in [0.15, 0.2) is 0 Å². The number of nitrogens with zero attached hydrogens (tertiary/aromatic N) is 5. The molecule has 5 rings (SSSR count). The fraction of sp³-hybridized carbons (Fsp3) is 0.429. The molecule has 2 aromatic heterocycles. The molecule has 1 saturated carbocycles. The number of anilines is 1. The van der Waals surface area contributed by atoms with E-state index in [0.29, 0.717) is 12.4 Å². The Morgan fingerprint density at radius 2 is 1.97 bits per heavy atom. The van der Waals surface area contributed by atoms with Gasteiger partial charge in [0.2, 0.25) is 5.91 Å². The highest BCUT2D eigenvalue weighted by atomic mass is 32.1. The monoisotopic (exact) mass is 408 g/mol. The van der Waals surface area contributed by atoms with Crippen LogP contribution in [0.15, 0.2) is 30.5 Å². The van der Waals surface area contributed by atoms with Crippen LogP contribution in [0.25, 0.3) is 21.3 Å². The van der Waals surface area contributed by atoms with Crippen LogP contribution in [0.4, 0.5) is 5.82 Å². The van der Waals surface area contributed by atoms with Crippen LogP contribution < -0.4 is 5.32 Å². The smallest absolute Gasteiger partial charge is 0.239 e. The van der Waals surface area contributed by atoms with E-state index in [1.54, 1.807) is 17.5 Å². The minimum absolute atomic E-state index is 0.00683. The summed E-state index contributed by atoms with van der Waals surface area (Å²) in [6, 6.07) is 8.86. The zero-order valence-electron chi connectivity index (χ0n) is 16.5. The van der Waals surface area contributed by atoms with Crippen molar-refractivity contribution in [2.45, 2.75) is 25.8 Å². The zero-order chi connectivity index (χ0) is 19.8. The van der Waals surface area contributed by atoms with E-state index in [1.807, 2.05) is 25.1 Å². The van der Waals surface area contributed by atoms with Crippen molar-refractivity contribution in [3.8, 4) is 10.6 Å². The summed E-state index contributed by atoms with van der Waals surface area (Å²) in [4.78, 5) is 21.7. The molecule has 1 saturated heterocycles. The SMILES string of the molecule is Cc1nnc(-c2ccc3cnc(NC(=O)CN4CCN(C5CC5)CC4)cc3c2)s1. The lowest BCUT2D eigenvalue weighted by molar-refractivity contribution is -0.117. The lowest BCUT2D eigenvalue weighted by Crippen LogP contribution is -2.49. The molecular formula is C21H24N6OS. The van der Waals surface area contributed by atoms with Crippen LogP contribution in [0.1, 0.15) is 17.8 Å². The van der Waals surface area contributed by atoms with Crippen LogP contribution in [-0.4, -0.2) is 69.7 Å².